The van der Waals surface area contributed by atoms with Gasteiger partial charge in [-0.1, -0.05) is 41.9 Å². The maximum Gasteiger partial charge on any atom is 0.270 e. The molecule has 1 aromatic heterocycles. The maximum atomic E-state index is 12.7. The molecule has 0 spiro atoms. The minimum Gasteiger partial charge on any atom is -0.349 e. The first kappa shape index (κ1) is 17.2. The van der Waals surface area contributed by atoms with Crippen molar-refractivity contribution in [1.29, 1.82) is 0 Å². The fourth-order valence-electron chi connectivity index (χ4n) is 2.64. The highest BCUT2D eigenvalue weighted by Gasteiger charge is 2.19. The predicted molar refractivity (Wildman–Crippen MR) is 101 cm³/mol. The standard InChI is InChI=1S/C20H20ClN3O/c1-13(2)22-20(25)19-12-18(16-9-4-5-10-17(16)21)23-24(19)15-8-6-7-14(3)11-15/h4-13H,1-3H3,(H,22,25). The molecule has 0 bridgehead atoms. The fourth-order valence-corrected chi connectivity index (χ4v) is 2.87. The number of aryl methyl sites for hydroxylation is 1. The molecule has 1 amide bonds. The van der Waals surface area contributed by atoms with Crippen molar-refractivity contribution >= 4 is 17.5 Å². The van der Waals surface area contributed by atoms with Crippen LogP contribution >= 0.6 is 11.6 Å². The van der Waals surface area contributed by atoms with Gasteiger partial charge in [-0.25, -0.2) is 4.68 Å². The number of nitrogens with zero attached hydrogens (tertiary/aromatic N) is 2. The third kappa shape index (κ3) is 3.74. The van der Waals surface area contributed by atoms with Gasteiger partial charge in [-0.15, -0.1) is 0 Å². The second-order valence-electron chi connectivity index (χ2n) is 6.27. The van der Waals surface area contributed by atoms with Crippen LogP contribution in [0, 0.1) is 6.92 Å². The lowest BCUT2D eigenvalue weighted by Crippen LogP contribution is -2.31. The molecule has 4 nitrogen and oxygen atoms in total. The van der Waals surface area contributed by atoms with Crippen molar-refractivity contribution in [3.8, 4) is 16.9 Å². The van der Waals surface area contributed by atoms with Gasteiger partial charge < -0.3 is 5.32 Å². The summed E-state index contributed by atoms with van der Waals surface area (Å²) in [5.74, 6) is -0.165. The van der Waals surface area contributed by atoms with Gasteiger partial charge in [0.05, 0.1) is 16.4 Å². The van der Waals surface area contributed by atoms with Gasteiger partial charge in [-0.05, 0) is 50.6 Å². The Hall–Kier alpha value is -2.59. The van der Waals surface area contributed by atoms with E-state index < -0.39 is 0 Å². The Morgan fingerprint density at radius 2 is 1.88 bits per heavy atom. The van der Waals surface area contributed by atoms with Crippen molar-refractivity contribution in [2.24, 2.45) is 0 Å². The third-order valence-electron chi connectivity index (χ3n) is 3.76. The molecule has 0 saturated carbocycles. The summed E-state index contributed by atoms with van der Waals surface area (Å²) < 4.78 is 1.67. The van der Waals surface area contributed by atoms with E-state index in [1.807, 2.05) is 69.3 Å². The zero-order valence-corrected chi connectivity index (χ0v) is 15.2. The van der Waals surface area contributed by atoms with E-state index in [-0.39, 0.29) is 11.9 Å². The molecule has 0 aliphatic carbocycles. The van der Waals surface area contributed by atoms with E-state index in [0.29, 0.717) is 16.4 Å². The maximum absolute atomic E-state index is 12.7. The largest absolute Gasteiger partial charge is 0.349 e. The Kier molecular flexibility index (Phi) is 4.91. The van der Waals surface area contributed by atoms with Crippen LogP contribution in [0.25, 0.3) is 16.9 Å². The number of hydrogen-bond acceptors (Lipinski definition) is 2. The molecule has 3 aromatic rings. The summed E-state index contributed by atoms with van der Waals surface area (Å²) in [5.41, 5.74) is 3.89. The first-order chi connectivity index (χ1) is 12.0. The lowest BCUT2D eigenvalue weighted by Gasteiger charge is -2.10. The number of halogens is 1. The summed E-state index contributed by atoms with van der Waals surface area (Å²) in [6.07, 6.45) is 0. The molecule has 0 saturated heterocycles. The average Bonchev–Trinajstić information content (AvgIpc) is 3.00. The highest BCUT2D eigenvalue weighted by Crippen LogP contribution is 2.28. The zero-order valence-electron chi connectivity index (χ0n) is 14.5. The van der Waals surface area contributed by atoms with E-state index in [9.17, 15) is 4.79 Å². The number of carbonyl (C=O) groups excluding carboxylic acids is 1. The van der Waals surface area contributed by atoms with Crippen molar-refractivity contribution in [2.45, 2.75) is 26.8 Å². The van der Waals surface area contributed by atoms with Crippen LogP contribution in [-0.4, -0.2) is 21.7 Å². The summed E-state index contributed by atoms with van der Waals surface area (Å²) >= 11 is 6.31. The molecule has 3 rings (SSSR count). The summed E-state index contributed by atoms with van der Waals surface area (Å²) in [6.45, 7) is 5.87. The summed E-state index contributed by atoms with van der Waals surface area (Å²) in [5, 5.41) is 8.19. The monoisotopic (exact) mass is 353 g/mol. The van der Waals surface area contributed by atoms with Crippen LogP contribution in [0.1, 0.15) is 29.9 Å². The molecule has 2 aromatic carbocycles. The van der Waals surface area contributed by atoms with Crippen LogP contribution in [0.15, 0.2) is 54.6 Å². The topological polar surface area (TPSA) is 46.9 Å². The van der Waals surface area contributed by atoms with Crippen molar-refractivity contribution in [3.63, 3.8) is 0 Å². The van der Waals surface area contributed by atoms with Gasteiger partial charge in [-0.3, -0.25) is 4.79 Å². The Morgan fingerprint density at radius 3 is 2.56 bits per heavy atom. The quantitative estimate of drug-likeness (QED) is 0.742. The van der Waals surface area contributed by atoms with E-state index >= 15 is 0 Å². The second-order valence-corrected chi connectivity index (χ2v) is 6.68. The van der Waals surface area contributed by atoms with Gasteiger partial charge in [0.2, 0.25) is 0 Å². The molecule has 0 atom stereocenters. The van der Waals surface area contributed by atoms with Crippen molar-refractivity contribution in [2.75, 3.05) is 0 Å². The molecule has 5 heteroatoms. The van der Waals surface area contributed by atoms with Crippen LogP contribution in [-0.2, 0) is 0 Å². The minimum absolute atomic E-state index is 0.0390. The molecule has 25 heavy (non-hydrogen) atoms. The molecule has 1 N–H and O–H groups in total. The number of hydrogen-bond donors (Lipinski definition) is 1. The van der Waals surface area contributed by atoms with Gasteiger partial charge >= 0.3 is 0 Å². The van der Waals surface area contributed by atoms with E-state index in [2.05, 4.69) is 10.4 Å². The molecule has 0 fully saturated rings. The highest BCUT2D eigenvalue weighted by atomic mass is 35.5. The lowest BCUT2D eigenvalue weighted by molar-refractivity contribution is 0.0935. The number of amides is 1. The van der Waals surface area contributed by atoms with Crippen molar-refractivity contribution < 1.29 is 4.79 Å². The zero-order chi connectivity index (χ0) is 18.0. The van der Waals surface area contributed by atoms with Gasteiger partial charge in [0.25, 0.3) is 5.91 Å². The molecule has 0 radical (unpaired) electrons. The van der Waals surface area contributed by atoms with E-state index in [1.54, 1.807) is 10.7 Å². The van der Waals surface area contributed by atoms with Gasteiger partial charge in [0.1, 0.15) is 5.69 Å². The van der Waals surface area contributed by atoms with Crippen LogP contribution < -0.4 is 5.32 Å². The minimum atomic E-state index is -0.165. The Morgan fingerprint density at radius 1 is 1.12 bits per heavy atom. The molecule has 1 heterocycles. The van der Waals surface area contributed by atoms with Crippen molar-refractivity contribution in [3.05, 3.63) is 70.9 Å². The lowest BCUT2D eigenvalue weighted by atomic mass is 10.1. The Balaban J connectivity index is 2.15. The highest BCUT2D eigenvalue weighted by molar-refractivity contribution is 6.33. The summed E-state index contributed by atoms with van der Waals surface area (Å²) in [7, 11) is 0. The number of benzene rings is 2. The van der Waals surface area contributed by atoms with Crippen LogP contribution in [0.4, 0.5) is 0 Å². The number of aromatic nitrogens is 2. The number of rotatable bonds is 4. The van der Waals surface area contributed by atoms with Crippen LogP contribution in [0.3, 0.4) is 0 Å². The first-order valence-corrected chi connectivity index (χ1v) is 8.56. The Bertz CT molecular complexity index is 915. The van der Waals surface area contributed by atoms with E-state index in [0.717, 1.165) is 16.8 Å². The fraction of sp³-hybridized carbons (Fsp3) is 0.200. The summed E-state index contributed by atoms with van der Waals surface area (Å²) in [6, 6.07) is 17.2. The smallest absolute Gasteiger partial charge is 0.270 e. The van der Waals surface area contributed by atoms with E-state index in [1.165, 1.54) is 0 Å². The number of nitrogens with one attached hydrogen (secondary N) is 1. The third-order valence-corrected chi connectivity index (χ3v) is 4.09. The molecule has 0 unspecified atom stereocenters. The number of carbonyl (C=O) groups is 1. The van der Waals surface area contributed by atoms with Gasteiger partial charge in [0, 0.05) is 11.6 Å². The second kappa shape index (κ2) is 7.11. The molecule has 0 aliphatic rings. The normalized spacial score (nSPS) is 10.9. The predicted octanol–water partition coefficient (Wildman–Crippen LogP) is 4.64. The molecular formula is C20H20ClN3O. The van der Waals surface area contributed by atoms with Crippen LogP contribution in [0.5, 0.6) is 0 Å². The first-order valence-electron chi connectivity index (χ1n) is 8.18. The van der Waals surface area contributed by atoms with Crippen LogP contribution in [0.2, 0.25) is 5.02 Å². The van der Waals surface area contributed by atoms with E-state index in [4.69, 9.17) is 11.6 Å². The molecular weight excluding hydrogens is 334 g/mol. The Labute approximate surface area is 152 Å². The SMILES string of the molecule is Cc1cccc(-n2nc(-c3ccccc3Cl)cc2C(=O)NC(C)C)c1. The van der Waals surface area contributed by atoms with Gasteiger partial charge in [0.15, 0.2) is 0 Å². The molecule has 128 valence electrons. The van der Waals surface area contributed by atoms with Gasteiger partial charge in [-0.2, -0.15) is 5.10 Å². The summed E-state index contributed by atoms with van der Waals surface area (Å²) in [4.78, 5) is 12.7. The molecule has 0 aliphatic heterocycles. The average molecular weight is 354 g/mol. The van der Waals surface area contributed by atoms with Crippen molar-refractivity contribution in [1.82, 2.24) is 15.1 Å².